The van der Waals surface area contributed by atoms with Crippen molar-refractivity contribution in [3.63, 3.8) is 0 Å². The first kappa shape index (κ1) is 14.3. The molecule has 0 radical (unpaired) electrons. The normalized spacial score (nSPS) is 18.9. The lowest BCUT2D eigenvalue weighted by atomic mass is 10.1. The van der Waals surface area contributed by atoms with E-state index in [1.54, 1.807) is 31.3 Å². The van der Waals surface area contributed by atoms with Gasteiger partial charge in [0.05, 0.1) is 4.90 Å². The predicted molar refractivity (Wildman–Crippen MR) is 76.3 cm³/mol. The number of benzene rings is 1. The summed E-state index contributed by atoms with van der Waals surface area (Å²) in [6.45, 7) is 1.87. The number of rotatable bonds is 3. The predicted octanol–water partition coefficient (Wildman–Crippen LogP) is 0.983. The second kappa shape index (κ2) is 5.48. The molecule has 1 aromatic rings. The van der Waals surface area contributed by atoms with Gasteiger partial charge in [-0.15, -0.1) is 0 Å². The lowest BCUT2D eigenvalue weighted by Gasteiger charge is -2.34. The lowest BCUT2D eigenvalue weighted by molar-refractivity contribution is 0.197. The number of hydrogen-bond acceptors (Lipinski definition) is 4. The van der Waals surface area contributed by atoms with Gasteiger partial charge in [-0.3, -0.25) is 0 Å². The summed E-state index contributed by atoms with van der Waals surface area (Å²) in [6.07, 6.45) is 1.75. The number of nitrogen functional groups attached to an aromatic ring is 1. The molecule has 2 rings (SSSR count). The van der Waals surface area contributed by atoms with E-state index in [0.717, 1.165) is 25.9 Å². The fourth-order valence-electron chi connectivity index (χ4n) is 2.36. The maximum Gasteiger partial charge on any atom is 0.243 e. The zero-order chi connectivity index (χ0) is 14.0. The third-order valence-electron chi connectivity index (χ3n) is 3.76. The summed E-state index contributed by atoms with van der Waals surface area (Å²) in [7, 11) is 0.315. The van der Waals surface area contributed by atoms with Gasteiger partial charge in [0.25, 0.3) is 0 Å². The second-order valence-electron chi connectivity index (χ2n) is 5.12. The monoisotopic (exact) mass is 283 g/mol. The Labute approximate surface area is 115 Å². The summed E-state index contributed by atoms with van der Waals surface area (Å²) < 4.78 is 26.5. The van der Waals surface area contributed by atoms with Gasteiger partial charge in [0.15, 0.2) is 0 Å². The Balaban J connectivity index is 2.17. The van der Waals surface area contributed by atoms with E-state index in [2.05, 4.69) is 11.9 Å². The molecule has 0 aliphatic carbocycles. The molecule has 0 unspecified atom stereocenters. The summed E-state index contributed by atoms with van der Waals surface area (Å²) >= 11 is 0. The van der Waals surface area contributed by atoms with Gasteiger partial charge in [0.2, 0.25) is 10.0 Å². The number of nitrogens with zero attached hydrogens (tertiary/aromatic N) is 2. The lowest BCUT2D eigenvalue weighted by Crippen LogP contribution is -2.44. The van der Waals surface area contributed by atoms with Gasteiger partial charge in [0.1, 0.15) is 0 Å². The maximum atomic E-state index is 12.5. The van der Waals surface area contributed by atoms with Crippen molar-refractivity contribution in [3.05, 3.63) is 24.3 Å². The molecule has 106 valence electrons. The Bertz CT molecular complexity index is 519. The molecule has 2 N–H and O–H groups in total. The van der Waals surface area contributed by atoms with E-state index in [1.165, 1.54) is 4.31 Å². The molecule has 1 saturated heterocycles. The maximum absolute atomic E-state index is 12.5. The fraction of sp³-hybridized carbons (Fsp3) is 0.538. The van der Waals surface area contributed by atoms with Crippen molar-refractivity contribution < 1.29 is 8.42 Å². The van der Waals surface area contributed by atoms with Gasteiger partial charge < -0.3 is 10.6 Å². The number of sulfonamides is 1. The molecule has 1 aromatic carbocycles. The van der Waals surface area contributed by atoms with Gasteiger partial charge in [-0.05, 0) is 57.2 Å². The zero-order valence-corrected chi connectivity index (χ0v) is 12.2. The molecule has 1 heterocycles. The summed E-state index contributed by atoms with van der Waals surface area (Å²) in [4.78, 5) is 2.53. The van der Waals surface area contributed by atoms with E-state index >= 15 is 0 Å². The van der Waals surface area contributed by atoms with Crippen molar-refractivity contribution in [2.75, 3.05) is 32.9 Å². The molecule has 0 saturated carbocycles. The molecule has 0 bridgehead atoms. The van der Waals surface area contributed by atoms with Crippen LogP contribution >= 0.6 is 0 Å². The Kier molecular flexibility index (Phi) is 4.13. The highest BCUT2D eigenvalue weighted by atomic mass is 32.2. The summed E-state index contributed by atoms with van der Waals surface area (Å²) in [6, 6.07) is 6.45. The highest BCUT2D eigenvalue weighted by molar-refractivity contribution is 7.89. The summed E-state index contributed by atoms with van der Waals surface area (Å²) in [5, 5.41) is 0. The van der Waals surface area contributed by atoms with E-state index < -0.39 is 10.0 Å². The molecular formula is C13H21N3O2S. The molecule has 0 aromatic heterocycles. The third-order valence-corrected chi connectivity index (χ3v) is 5.68. The first-order chi connectivity index (χ1) is 8.91. The van der Waals surface area contributed by atoms with Crippen LogP contribution in [0.2, 0.25) is 0 Å². The number of likely N-dealkylation sites (tertiary alicyclic amines) is 1. The minimum Gasteiger partial charge on any atom is -0.399 e. The Morgan fingerprint density at radius 2 is 1.74 bits per heavy atom. The van der Waals surface area contributed by atoms with Gasteiger partial charge in [0, 0.05) is 18.8 Å². The smallest absolute Gasteiger partial charge is 0.243 e. The molecular weight excluding hydrogens is 262 g/mol. The van der Waals surface area contributed by atoms with E-state index in [4.69, 9.17) is 5.73 Å². The van der Waals surface area contributed by atoms with Crippen molar-refractivity contribution in [3.8, 4) is 0 Å². The molecule has 1 aliphatic heterocycles. The van der Waals surface area contributed by atoms with Crippen molar-refractivity contribution in [2.45, 2.75) is 23.8 Å². The van der Waals surface area contributed by atoms with E-state index in [1.807, 2.05) is 0 Å². The summed E-state index contributed by atoms with van der Waals surface area (Å²) in [5.74, 6) is 0. The average molecular weight is 283 g/mol. The number of anilines is 1. The van der Waals surface area contributed by atoms with E-state index in [0.29, 0.717) is 10.6 Å². The molecule has 1 aliphatic rings. The van der Waals surface area contributed by atoms with E-state index in [-0.39, 0.29) is 6.04 Å². The van der Waals surface area contributed by atoms with Gasteiger partial charge in [-0.25, -0.2) is 8.42 Å². The third kappa shape index (κ3) is 3.08. The van der Waals surface area contributed by atoms with Gasteiger partial charge in [-0.2, -0.15) is 4.31 Å². The van der Waals surface area contributed by atoms with Crippen LogP contribution in [0.25, 0.3) is 0 Å². The van der Waals surface area contributed by atoms with Crippen LogP contribution in [0.3, 0.4) is 0 Å². The minimum absolute atomic E-state index is 0.0822. The standard InChI is InChI=1S/C13H21N3O2S/c1-15-9-7-12(8-10-15)16(2)19(17,18)13-5-3-11(14)4-6-13/h3-6,12H,7-10,14H2,1-2H3. The molecule has 1 fully saturated rings. The molecule has 0 amide bonds. The van der Waals surface area contributed by atoms with Crippen molar-refractivity contribution >= 4 is 15.7 Å². The van der Waals surface area contributed by atoms with Crippen molar-refractivity contribution in [2.24, 2.45) is 0 Å². The fourth-order valence-corrected chi connectivity index (χ4v) is 3.78. The first-order valence-electron chi connectivity index (χ1n) is 6.43. The molecule has 0 spiro atoms. The average Bonchev–Trinajstić information content (AvgIpc) is 2.39. The van der Waals surface area contributed by atoms with Crippen LogP contribution in [0.15, 0.2) is 29.2 Å². The molecule has 6 heteroatoms. The molecule has 19 heavy (non-hydrogen) atoms. The van der Waals surface area contributed by atoms with Crippen LogP contribution in [0.5, 0.6) is 0 Å². The number of hydrogen-bond donors (Lipinski definition) is 1. The van der Waals surface area contributed by atoms with Gasteiger partial charge in [-0.1, -0.05) is 0 Å². The SMILES string of the molecule is CN1CCC(N(C)S(=O)(=O)c2ccc(N)cc2)CC1. The highest BCUT2D eigenvalue weighted by Gasteiger charge is 2.29. The van der Waals surface area contributed by atoms with Crippen LogP contribution in [0.4, 0.5) is 5.69 Å². The van der Waals surface area contributed by atoms with Crippen LogP contribution < -0.4 is 5.73 Å². The van der Waals surface area contributed by atoms with Crippen LogP contribution in [-0.2, 0) is 10.0 Å². The Hall–Kier alpha value is -1.11. The molecule has 0 atom stereocenters. The van der Waals surface area contributed by atoms with Crippen LogP contribution in [0.1, 0.15) is 12.8 Å². The minimum atomic E-state index is -3.41. The van der Waals surface area contributed by atoms with Crippen molar-refractivity contribution in [1.82, 2.24) is 9.21 Å². The van der Waals surface area contributed by atoms with Crippen LogP contribution in [0, 0.1) is 0 Å². The second-order valence-corrected chi connectivity index (χ2v) is 7.12. The Morgan fingerprint density at radius 3 is 2.26 bits per heavy atom. The number of piperidine rings is 1. The van der Waals surface area contributed by atoms with Gasteiger partial charge >= 0.3 is 0 Å². The zero-order valence-electron chi connectivity index (χ0n) is 11.4. The summed E-state index contributed by atoms with van der Waals surface area (Å²) in [5.41, 5.74) is 6.16. The van der Waals surface area contributed by atoms with E-state index in [9.17, 15) is 8.42 Å². The van der Waals surface area contributed by atoms with Crippen molar-refractivity contribution in [1.29, 1.82) is 0 Å². The number of nitrogens with two attached hydrogens (primary N) is 1. The Morgan fingerprint density at radius 1 is 1.21 bits per heavy atom. The first-order valence-corrected chi connectivity index (χ1v) is 7.87. The largest absolute Gasteiger partial charge is 0.399 e. The molecule has 5 nitrogen and oxygen atoms in total. The topological polar surface area (TPSA) is 66.6 Å². The quantitative estimate of drug-likeness (QED) is 0.840. The highest BCUT2D eigenvalue weighted by Crippen LogP contribution is 2.22. The van der Waals surface area contributed by atoms with Crippen LogP contribution in [-0.4, -0.2) is 50.8 Å².